The van der Waals surface area contributed by atoms with Gasteiger partial charge in [-0.15, -0.1) is 0 Å². The highest BCUT2D eigenvalue weighted by Gasteiger charge is 2.02. The summed E-state index contributed by atoms with van der Waals surface area (Å²) in [5, 5.41) is 73.0. The molecule has 1 N–H and O–H groups in total. The zero-order valence-corrected chi connectivity index (χ0v) is 38.9. The van der Waals surface area contributed by atoms with Crippen LogP contribution in [0.2, 0.25) is 0 Å². The number of unbranched alkanes of at least 4 members (excludes halogenated alkanes) is 40. The first-order chi connectivity index (χ1) is 31.4. The van der Waals surface area contributed by atoms with Gasteiger partial charge in [-0.3, -0.25) is 0 Å². The summed E-state index contributed by atoms with van der Waals surface area (Å²) in [7, 11) is 0. The zero-order valence-electron chi connectivity index (χ0n) is 38.9. The van der Waals surface area contributed by atoms with Gasteiger partial charge in [-0.05, 0) is 87.0 Å². The quantitative estimate of drug-likeness (QED) is 0.0343. The molecule has 380 valence electrons. The minimum atomic E-state index is 0.297. The molecule has 0 atom stereocenters. The van der Waals surface area contributed by atoms with Gasteiger partial charge < -0.3 is 0 Å². The molecule has 0 aliphatic heterocycles. The van der Waals surface area contributed by atoms with Crippen LogP contribution in [0.25, 0.3) is 0 Å². The average molecular weight is 925 g/mol. The Morgan fingerprint density at radius 2 is 0.349 bits per heavy atom. The molecule has 0 aromatic rings. The van der Waals surface area contributed by atoms with E-state index in [4.69, 9.17) is 10.1 Å². The second kappa shape index (κ2) is 61.2. The summed E-state index contributed by atoms with van der Waals surface area (Å²) in [6.45, 7) is 2.60. The van der Waals surface area contributed by atoms with Gasteiger partial charge in [-0.2, -0.15) is 0 Å². The van der Waals surface area contributed by atoms with Crippen LogP contribution >= 0.6 is 0 Å². The van der Waals surface area contributed by atoms with Gasteiger partial charge in [0, 0.05) is 10.1 Å². The normalized spacial score (nSPS) is 11.7. The van der Waals surface area contributed by atoms with Gasteiger partial charge in [0.1, 0.15) is 0 Å². The lowest BCUT2D eigenvalue weighted by Gasteiger charge is -2.05. The molecule has 0 fully saturated rings. The second-order valence-electron chi connectivity index (χ2n) is 16.2. The molecule has 0 amide bonds. The summed E-state index contributed by atoms with van der Waals surface area (Å²) >= 11 is 0. The van der Waals surface area contributed by atoms with Crippen LogP contribution in [0, 0.1) is 0 Å². The highest BCUT2D eigenvalue weighted by molar-refractivity contribution is 4.53. The summed E-state index contributed by atoms with van der Waals surface area (Å²) in [4.78, 5) is 4.74. The van der Waals surface area contributed by atoms with Gasteiger partial charge in [-0.1, -0.05) is 264 Å². The summed E-state index contributed by atoms with van der Waals surface area (Å²) in [5.41, 5.74) is 0. The second-order valence-corrected chi connectivity index (χ2v) is 16.2. The lowest BCUT2D eigenvalue weighted by atomic mass is 10.0. The maximum atomic E-state index is 7.64. The largest absolute Gasteiger partial charge is 0.219 e. The van der Waals surface area contributed by atoms with E-state index in [0.29, 0.717) is 6.61 Å². The Labute approximate surface area is 377 Å². The Bertz CT molecular complexity index is 720. The van der Waals surface area contributed by atoms with Crippen molar-refractivity contribution >= 4 is 0 Å². The topological polar surface area (TPSA) is 196 Å². The van der Waals surface area contributed by atoms with Gasteiger partial charge in [0.25, 0.3) is 0 Å². The number of hydrogen-bond donors (Lipinski definition) is 1. The highest BCUT2D eigenvalue weighted by Crippen LogP contribution is 2.18. The van der Waals surface area contributed by atoms with Crippen molar-refractivity contribution in [2.24, 2.45) is 0 Å². The Morgan fingerprint density at radius 3 is 0.540 bits per heavy atom. The van der Waals surface area contributed by atoms with E-state index in [-0.39, 0.29) is 0 Å². The predicted molar refractivity (Wildman–Crippen MR) is 223 cm³/mol. The molecule has 0 aliphatic rings. The van der Waals surface area contributed by atoms with Crippen LogP contribution in [-0.4, -0.2) is 11.9 Å². The van der Waals surface area contributed by atoms with Crippen molar-refractivity contribution in [1.29, 1.82) is 0 Å². The molecule has 20 heteroatoms. The first-order valence-electron chi connectivity index (χ1n) is 24.7. The van der Waals surface area contributed by atoms with Gasteiger partial charge in [0.2, 0.25) is 0 Å². The third kappa shape index (κ3) is 61.2. The first-order valence-corrected chi connectivity index (χ1v) is 24.7. The van der Waals surface area contributed by atoms with E-state index in [0.717, 1.165) is 19.3 Å². The monoisotopic (exact) mass is 925 g/mol. The SMILES string of the molecule is CCCCCCCCCCCCCCCCCCCCCCCCCCCCCCCCCCCCCCCCCCCOOOOOOOOOOOOOOOOOOOO. The fourth-order valence-corrected chi connectivity index (χ4v) is 7.36. The molecule has 0 bridgehead atoms. The molecule has 63 heavy (non-hydrogen) atoms. The third-order valence-electron chi connectivity index (χ3n) is 10.9. The van der Waals surface area contributed by atoms with Crippen molar-refractivity contribution in [3.05, 3.63) is 0 Å². The summed E-state index contributed by atoms with van der Waals surface area (Å²) < 4.78 is 0. The van der Waals surface area contributed by atoms with Gasteiger partial charge >= 0.3 is 0 Å². The van der Waals surface area contributed by atoms with Crippen LogP contribution in [0.4, 0.5) is 0 Å². The van der Waals surface area contributed by atoms with E-state index in [2.05, 4.69) is 97.6 Å². The minimum absolute atomic E-state index is 0.297. The van der Waals surface area contributed by atoms with Crippen molar-refractivity contribution < 1.29 is 101 Å². The standard InChI is InChI=1S/C43H88O20/c1-2-3-4-5-6-7-8-9-10-11-12-13-14-15-16-17-18-19-20-21-22-23-24-25-26-27-28-29-30-31-32-33-34-35-36-37-38-39-40-41-42-43-45-47-49-51-53-55-57-59-61-63-62-60-58-56-54-52-50-48-46-44/h44H,2-43H2,1H3. The Hall–Kier alpha value is -0.800. The van der Waals surface area contributed by atoms with E-state index in [9.17, 15) is 0 Å². The third-order valence-corrected chi connectivity index (χ3v) is 10.9. The van der Waals surface area contributed by atoms with Crippen molar-refractivity contribution in [2.75, 3.05) is 6.61 Å². The van der Waals surface area contributed by atoms with Gasteiger partial charge in [0.15, 0.2) is 0 Å². The van der Waals surface area contributed by atoms with Crippen LogP contribution in [0.3, 0.4) is 0 Å². The molecule has 0 aromatic carbocycles. The first kappa shape index (κ1) is 62.2. The van der Waals surface area contributed by atoms with E-state index < -0.39 is 0 Å². The van der Waals surface area contributed by atoms with Crippen LogP contribution < -0.4 is 0 Å². The van der Waals surface area contributed by atoms with E-state index in [1.165, 1.54) is 244 Å². The average Bonchev–Trinajstić information content (AvgIpc) is 3.29. The molecule has 0 saturated carbocycles. The molecule has 0 aromatic heterocycles. The zero-order chi connectivity index (χ0) is 45.1. The van der Waals surface area contributed by atoms with E-state index in [1.807, 2.05) is 0 Å². The maximum Gasteiger partial charge on any atom is 0.0855 e. The van der Waals surface area contributed by atoms with E-state index in [1.54, 1.807) is 0 Å². The molecular weight excluding hydrogens is 836 g/mol. The molecule has 0 aliphatic carbocycles. The molecule has 0 spiro atoms. The summed E-state index contributed by atoms with van der Waals surface area (Å²) in [5.74, 6) is 0. The smallest absolute Gasteiger partial charge is 0.0855 e. The molecule has 0 unspecified atom stereocenters. The number of rotatable bonds is 60. The molecular formula is C43H88O20. The van der Waals surface area contributed by atoms with Gasteiger partial charge in [-0.25, -0.2) is 10.1 Å². The molecule has 0 rings (SSSR count). The molecule has 20 nitrogen and oxygen atoms in total. The summed E-state index contributed by atoms with van der Waals surface area (Å²) in [6.07, 6.45) is 57.1. The Balaban J connectivity index is 3.06. The van der Waals surface area contributed by atoms with Crippen LogP contribution in [0.15, 0.2) is 0 Å². The van der Waals surface area contributed by atoms with Crippen LogP contribution in [0.5, 0.6) is 0 Å². The van der Waals surface area contributed by atoms with Crippen molar-refractivity contribution in [1.82, 2.24) is 0 Å². The lowest BCUT2D eigenvalue weighted by molar-refractivity contribution is -0.893. The van der Waals surface area contributed by atoms with Crippen molar-refractivity contribution in [3.8, 4) is 0 Å². The lowest BCUT2D eigenvalue weighted by Crippen LogP contribution is -2.05. The number of hydrogen-bond acceptors (Lipinski definition) is 20. The van der Waals surface area contributed by atoms with Crippen LogP contribution in [-0.2, 0) is 95.6 Å². The van der Waals surface area contributed by atoms with Crippen molar-refractivity contribution in [3.63, 3.8) is 0 Å². The molecule has 0 saturated heterocycles. The van der Waals surface area contributed by atoms with E-state index >= 15 is 0 Å². The Kier molecular flexibility index (Phi) is 60.4. The fraction of sp³-hybridized carbons (Fsp3) is 1.00. The maximum absolute atomic E-state index is 7.64. The predicted octanol–water partition coefficient (Wildman–Crippen LogP) is 15.3. The summed E-state index contributed by atoms with van der Waals surface area (Å²) in [6, 6.07) is 0. The van der Waals surface area contributed by atoms with Gasteiger partial charge in [0.05, 0.1) is 6.61 Å². The minimum Gasteiger partial charge on any atom is -0.219 e. The Morgan fingerprint density at radius 1 is 0.190 bits per heavy atom. The van der Waals surface area contributed by atoms with Crippen LogP contribution in [0.1, 0.15) is 270 Å². The fourth-order valence-electron chi connectivity index (χ4n) is 7.36. The van der Waals surface area contributed by atoms with Crippen molar-refractivity contribution in [2.45, 2.75) is 270 Å². The molecule has 0 heterocycles. The molecule has 0 radical (unpaired) electrons. The highest BCUT2D eigenvalue weighted by atomic mass is 18.0.